The number of nitro groups is 1. The van der Waals surface area contributed by atoms with Crippen molar-refractivity contribution < 1.29 is 23.2 Å². The van der Waals surface area contributed by atoms with Crippen molar-refractivity contribution in [1.29, 1.82) is 0 Å². The van der Waals surface area contributed by atoms with Gasteiger partial charge in [-0.05, 0) is 12.0 Å². The fourth-order valence-corrected chi connectivity index (χ4v) is 0.957. The SMILES string of the molecule is COC(=O)C#Cc1cc(F)c(F)cc1[N+](=O)[O-]. The summed E-state index contributed by atoms with van der Waals surface area (Å²) in [6.07, 6.45) is 0. The molecule has 0 unspecified atom stereocenters. The molecule has 1 aromatic carbocycles. The molecule has 1 rings (SSSR count). The maximum Gasteiger partial charge on any atom is 0.384 e. The Morgan fingerprint density at radius 2 is 2.00 bits per heavy atom. The van der Waals surface area contributed by atoms with Gasteiger partial charge in [-0.25, -0.2) is 13.6 Å². The molecule has 0 amide bonds. The van der Waals surface area contributed by atoms with Crippen molar-refractivity contribution in [2.75, 3.05) is 7.11 Å². The van der Waals surface area contributed by atoms with E-state index in [1.807, 2.05) is 11.8 Å². The molecule has 1 aromatic rings. The van der Waals surface area contributed by atoms with Crippen LogP contribution >= 0.6 is 0 Å². The number of hydrogen-bond acceptors (Lipinski definition) is 4. The van der Waals surface area contributed by atoms with Crippen molar-refractivity contribution in [2.24, 2.45) is 0 Å². The number of methoxy groups -OCH3 is 1. The van der Waals surface area contributed by atoms with Crippen LogP contribution in [-0.2, 0) is 9.53 Å². The lowest BCUT2D eigenvalue weighted by molar-refractivity contribution is -0.385. The molecule has 5 nitrogen and oxygen atoms in total. The second-order valence-electron chi connectivity index (χ2n) is 2.78. The predicted octanol–water partition coefficient (Wildman–Crippen LogP) is 1.40. The van der Waals surface area contributed by atoms with Gasteiger partial charge >= 0.3 is 5.97 Å². The highest BCUT2D eigenvalue weighted by Gasteiger charge is 2.17. The molecule has 7 heteroatoms. The number of halogens is 2. The Labute approximate surface area is 94.1 Å². The van der Waals surface area contributed by atoms with E-state index >= 15 is 0 Å². The van der Waals surface area contributed by atoms with Gasteiger partial charge in [-0.3, -0.25) is 10.1 Å². The molecule has 0 bridgehead atoms. The predicted molar refractivity (Wildman–Crippen MR) is 51.9 cm³/mol. The number of carbonyl (C=O) groups excluding carboxylic acids is 1. The number of nitro benzene ring substituents is 1. The summed E-state index contributed by atoms with van der Waals surface area (Å²) in [5.74, 6) is 0.338. The minimum Gasteiger partial charge on any atom is -0.459 e. The minimum atomic E-state index is -1.36. The van der Waals surface area contributed by atoms with E-state index in [1.165, 1.54) is 0 Å². The van der Waals surface area contributed by atoms with Crippen molar-refractivity contribution in [3.05, 3.63) is 39.4 Å². The van der Waals surface area contributed by atoms with Gasteiger partial charge in [-0.1, -0.05) is 0 Å². The van der Waals surface area contributed by atoms with E-state index in [4.69, 9.17) is 0 Å². The van der Waals surface area contributed by atoms with Crippen LogP contribution in [0, 0.1) is 33.6 Å². The highest BCUT2D eigenvalue weighted by atomic mass is 19.2. The molecule has 0 aliphatic carbocycles. The maximum atomic E-state index is 12.8. The molecule has 0 saturated carbocycles. The standard InChI is InChI=1S/C10H5F2NO4/c1-17-10(14)3-2-6-4-7(11)8(12)5-9(6)13(15)16/h4-5H,1H3. The number of rotatable bonds is 1. The minimum absolute atomic E-state index is 0.399. The second-order valence-corrected chi connectivity index (χ2v) is 2.78. The van der Waals surface area contributed by atoms with Gasteiger partial charge in [0.05, 0.1) is 18.1 Å². The van der Waals surface area contributed by atoms with Crippen LogP contribution in [0.5, 0.6) is 0 Å². The van der Waals surface area contributed by atoms with Crippen LogP contribution in [0.2, 0.25) is 0 Å². The van der Waals surface area contributed by atoms with Crippen LogP contribution in [0.4, 0.5) is 14.5 Å². The van der Waals surface area contributed by atoms with Gasteiger partial charge < -0.3 is 4.74 Å². The average Bonchev–Trinajstić information content (AvgIpc) is 2.29. The quantitative estimate of drug-likeness (QED) is 0.322. The molecule has 0 fully saturated rings. The van der Waals surface area contributed by atoms with E-state index in [2.05, 4.69) is 4.74 Å². The first-order valence-corrected chi connectivity index (χ1v) is 4.19. The molecular weight excluding hydrogens is 236 g/mol. The lowest BCUT2D eigenvalue weighted by atomic mass is 10.1. The van der Waals surface area contributed by atoms with E-state index in [0.29, 0.717) is 12.1 Å². The third-order valence-corrected chi connectivity index (χ3v) is 1.72. The zero-order valence-corrected chi connectivity index (χ0v) is 8.49. The highest BCUT2D eigenvalue weighted by molar-refractivity contribution is 5.89. The number of esters is 1. The molecule has 0 atom stereocenters. The van der Waals surface area contributed by atoms with Crippen LogP contribution in [0.25, 0.3) is 0 Å². The third-order valence-electron chi connectivity index (χ3n) is 1.72. The van der Waals surface area contributed by atoms with E-state index in [0.717, 1.165) is 7.11 Å². The summed E-state index contributed by atoms with van der Waals surface area (Å²) in [4.78, 5) is 20.3. The van der Waals surface area contributed by atoms with Crippen molar-refractivity contribution in [2.45, 2.75) is 0 Å². The summed E-state index contributed by atoms with van der Waals surface area (Å²) in [6, 6.07) is 0.944. The van der Waals surface area contributed by atoms with Crippen molar-refractivity contribution in [3.8, 4) is 11.8 Å². The Morgan fingerprint density at radius 3 is 2.53 bits per heavy atom. The number of carbonyl (C=O) groups is 1. The Balaban J connectivity index is 3.30. The Bertz CT molecular complexity index is 545. The molecule has 0 heterocycles. The Kier molecular flexibility index (Phi) is 3.72. The molecule has 0 aliphatic heterocycles. The first-order valence-electron chi connectivity index (χ1n) is 4.19. The summed E-state index contributed by atoms with van der Waals surface area (Å²) in [7, 11) is 1.07. The van der Waals surface area contributed by atoms with Gasteiger partial charge in [0, 0.05) is 5.92 Å². The lowest BCUT2D eigenvalue weighted by Crippen LogP contribution is -1.98. The highest BCUT2D eigenvalue weighted by Crippen LogP contribution is 2.21. The van der Waals surface area contributed by atoms with Gasteiger partial charge in [-0.15, -0.1) is 0 Å². The molecule has 0 aliphatic rings. The zero-order valence-electron chi connectivity index (χ0n) is 8.49. The molecule has 0 aromatic heterocycles. The molecule has 0 saturated heterocycles. The van der Waals surface area contributed by atoms with Gasteiger partial charge in [0.15, 0.2) is 11.6 Å². The lowest BCUT2D eigenvalue weighted by Gasteiger charge is -1.97. The Morgan fingerprint density at radius 1 is 1.41 bits per heavy atom. The molecule has 17 heavy (non-hydrogen) atoms. The summed E-state index contributed by atoms with van der Waals surface area (Å²) >= 11 is 0. The normalized spacial score (nSPS) is 9.12. The number of ether oxygens (including phenoxy) is 1. The summed E-state index contributed by atoms with van der Waals surface area (Å²) in [5, 5.41) is 10.5. The van der Waals surface area contributed by atoms with Crippen LogP contribution in [0.3, 0.4) is 0 Å². The summed E-state index contributed by atoms with van der Waals surface area (Å²) in [6.45, 7) is 0. The van der Waals surface area contributed by atoms with Crippen LogP contribution in [0.1, 0.15) is 5.56 Å². The molecule has 0 spiro atoms. The third kappa shape index (κ3) is 2.98. The monoisotopic (exact) mass is 241 g/mol. The van der Waals surface area contributed by atoms with Gasteiger partial charge in [0.2, 0.25) is 0 Å². The van der Waals surface area contributed by atoms with Gasteiger partial charge in [0.1, 0.15) is 5.56 Å². The number of hydrogen-bond donors (Lipinski definition) is 0. The first kappa shape index (κ1) is 12.6. The summed E-state index contributed by atoms with van der Waals surface area (Å²) in [5.41, 5.74) is -1.13. The van der Waals surface area contributed by atoms with E-state index < -0.39 is 33.8 Å². The molecule has 0 radical (unpaired) electrons. The maximum absolute atomic E-state index is 12.8. The number of nitrogens with zero attached hydrogens (tertiary/aromatic N) is 1. The first-order chi connectivity index (χ1) is 7.95. The van der Waals surface area contributed by atoms with Gasteiger partial charge in [0.25, 0.3) is 5.69 Å². The summed E-state index contributed by atoms with van der Waals surface area (Å²) < 4.78 is 29.8. The second kappa shape index (κ2) is 5.03. The zero-order chi connectivity index (χ0) is 13.0. The average molecular weight is 241 g/mol. The fraction of sp³-hybridized carbons (Fsp3) is 0.100. The van der Waals surface area contributed by atoms with E-state index in [9.17, 15) is 23.7 Å². The van der Waals surface area contributed by atoms with Crippen molar-refractivity contribution in [3.63, 3.8) is 0 Å². The molecular formula is C10H5F2NO4. The fourth-order valence-electron chi connectivity index (χ4n) is 0.957. The molecule has 88 valence electrons. The smallest absolute Gasteiger partial charge is 0.384 e. The Hall–Kier alpha value is -2.49. The van der Waals surface area contributed by atoms with Crippen molar-refractivity contribution >= 4 is 11.7 Å². The van der Waals surface area contributed by atoms with E-state index in [1.54, 1.807) is 0 Å². The van der Waals surface area contributed by atoms with Crippen LogP contribution < -0.4 is 0 Å². The van der Waals surface area contributed by atoms with E-state index in [-0.39, 0.29) is 0 Å². The van der Waals surface area contributed by atoms with Gasteiger partial charge in [-0.2, -0.15) is 0 Å². The van der Waals surface area contributed by atoms with Crippen LogP contribution in [-0.4, -0.2) is 18.0 Å². The molecule has 0 N–H and O–H groups in total. The van der Waals surface area contributed by atoms with Crippen molar-refractivity contribution in [1.82, 2.24) is 0 Å². The topological polar surface area (TPSA) is 69.4 Å². The number of benzene rings is 1. The largest absolute Gasteiger partial charge is 0.459 e. The van der Waals surface area contributed by atoms with Crippen LogP contribution in [0.15, 0.2) is 12.1 Å².